The monoisotopic (exact) mass is 431 g/mol. The van der Waals surface area contributed by atoms with Crippen molar-refractivity contribution in [2.45, 2.75) is 44.7 Å². The Morgan fingerprint density at radius 2 is 2.03 bits per heavy atom. The molecule has 0 unspecified atom stereocenters. The predicted molar refractivity (Wildman–Crippen MR) is 125 cm³/mol. The summed E-state index contributed by atoms with van der Waals surface area (Å²) in [4.78, 5) is 19.7. The van der Waals surface area contributed by atoms with E-state index in [9.17, 15) is 4.79 Å². The quantitative estimate of drug-likeness (QED) is 0.652. The van der Waals surface area contributed by atoms with E-state index in [4.69, 9.17) is 4.74 Å². The number of carbonyl (C=O) groups is 1. The molecule has 7 nitrogen and oxygen atoms in total. The number of aromatic nitrogens is 2. The molecule has 3 aromatic rings. The predicted octanol–water partition coefficient (Wildman–Crippen LogP) is 4.07. The SMILES string of the molecule is C=C1N[C@](C)(c2cccc(Nc3cn4ccccc4n3)c2C)CC(=O)N1C1CCOCC1. The number of rotatable bonds is 4. The van der Waals surface area contributed by atoms with Crippen molar-refractivity contribution < 1.29 is 9.53 Å². The third kappa shape index (κ3) is 3.62. The third-order valence-corrected chi connectivity index (χ3v) is 6.60. The van der Waals surface area contributed by atoms with E-state index < -0.39 is 5.54 Å². The molecule has 0 bridgehead atoms. The van der Waals surface area contributed by atoms with Gasteiger partial charge in [0.05, 0.1) is 18.2 Å². The molecule has 32 heavy (non-hydrogen) atoms. The first-order valence-electron chi connectivity index (χ1n) is 11.1. The Balaban J connectivity index is 1.41. The highest BCUT2D eigenvalue weighted by Crippen LogP contribution is 2.37. The Morgan fingerprint density at radius 1 is 1.22 bits per heavy atom. The van der Waals surface area contributed by atoms with E-state index in [0.29, 0.717) is 25.5 Å². The van der Waals surface area contributed by atoms with Crippen molar-refractivity contribution in [2.24, 2.45) is 0 Å². The zero-order valence-corrected chi connectivity index (χ0v) is 18.6. The van der Waals surface area contributed by atoms with Crippen LogP contribution in [0.25, 0.3) is 5.65 Å². The number of nitrogens with one attached hydrogen (secondary N) is 2. The van der Waals surface area contributed by atoms with Gasteiger partial charge in [-0.25, -0.2) is 4.98 Å². The van der Waals surface area contributed by atoms with Crippen LogP contribution in [-0.4, -0.2) is 39.4 Å². The number of pyridine rings is 1. The molecule has 0 radical (unpaired) electrons. The van der Waals surface area contributed by atoms with Crippen LogP contribution in [0, 0.1) is 6.92 Å². The molecule has 4 heterocycles. The summed E-state index contributed by atoms with van der Waals surface area (Å²) in [6.45, 7) is 9.75. The summed E-state index contributed by atoms with van der Waals surface area (Å²) in [6, 6.07) is 12.2. The summed E-state index contributed by atoms with van der Waals surface area (Å²) in [5.74, 6) is 1.57. The molecule has 1 amide bonds. The van der Waals surface area contributed by atoms with Crippen LogP contribution in [0.4, 0.5) is 11.5 Å². The lowest BCUT2D eigenvalue weighted by Crippen LogP contribution is -2.57. The molecular weight excluding hydrogens is 402 g/mol. The van der Waals surface area contributed by atoms with Gasteiger partial charge in [-0.2, -0.15) is 0 Å². The highest BCUT2D eigenvalue weighted by Gasteiger charge is 2.42. The number of nitrogens with zero attached hydrogens (tertiary/aromatic N) is 3. The van der Waals surface area contributed by atoms with Crippen LogP contribution in [0.1, 0.15) is 37.3 Å². The second-order valence-electron chi connectivity index (χ2n) is 8.88. The molecule has 2 N–H and O–H groups in total. The van der Waals surface area contributed by atoms with Gasteiger partial charge in [0.1, 0.15) is 17.3 Å². The largest absolute Gasteiger partial charge is 0.381 e. The summed E-state index contributed by atoms with van der Waals surface area (Å²) in [5.41, 5.74) is 3.49. The van der Waals surface area contributed by atoms with Gasteiger partial charge < -0.3 is 19.8 Å². The van der Waals surface area contributed by atoms with Crippen molar-refractivity contribution in [1.82, 2.24) is 19.6 Å². The zero-order chi connectivity index (χ0) is 22.3. The minimum atomic E-state index is -0.531. The number of benzene rings is 1. The maximum Gasteiger partial charge on any atom is 0.231 e. The molecule has 166 valence electrons. The lowest BCUT2D eigenvalue weighted by Gasteiger charge is -2.46. The highest BCUT2D eigenvalue weighted by atomic mass is 16.5. The number of hydrogen-bond acceptors (Lipinski definition) is 5. The first kappa shape index (κ1) is 20.6. The van der Waals surface area contributed by atoms with Crippen LogP contribution in [0.2, 0.25) is 0 Å². The van der Waals surface area contributed by atoms with Crippen LogP contribution in [-0.2, 0) is 15.1 Å². The Morgan fingerprint density at radius 3 is 2.78 bits per heavy atom. The fourth-order valence-electron chi connectivity index (χ4n) is 4.99. The van der Waals surface area contributed by atoms with Gasteiger partial charge in [-0.05, 0) is 56.0 Å². The Labute approximate surface area is 188 Å². The van der Waals surface area contributed by atoms with E-state index in [-0.39, 0.29) is 11.9 Å². The van der Waals surface area contributed by atoms with Crippen molar-refractivity contribution in [3.8, 4) is 0 Å². The van der Waals surface area contributed by atoms with Crippen molar-refractivity contribution in [3.05, 3.63) is 72.3 Å². The number of amides is 1. The van der Waals surface area contributed by atoms with E-state index in [2.05, 4.69) is 42.1 Å². The molecular formula is C25H29N5O2. The molecule has 0 aliphatic carbocycles. The van der Waals surface area contributed by atoms with E-state index in [1.54, 1.807) is 0 Å². The lowest BCUT2D eigenvalue weighted by molar-refractivity contribution is -0.137. The van der Waals surface area contributed by atoms with Gasteiger partial charge in [0.25, 0.3) is 0 Å². The number of ether oxygens (including phenoxy) is 1. The minimum Gasteiger partial charge on any atom is -0.381 e. The number of hydrogen-bond donors (Lipinski definition) is 2. The topological polar surface area (TPSA) is 70.9 Å². The fourth-order valence-corrected chi connectivity index (χ4v) is 4.99. The number of anilines is 2. The molecule has 2 saturated heterocycles. The molecule has 2 aliphatic heterocycles. The molecule has 2 fully saturated rings. The first-order valence-corrected chi connectivity index (χ1v) is 11.1. The average molecular weight is 432 g/mol. The summed E-state index contributed by atoms with van der Waals surface area (Å²) >= 11 is 0. The van der Waals surface area contributed by atoms with Crippen molar-refractivity contribution >= 4 is 23.1 Å². The van der Waals surface area contributed by atoms with Crippen molar-refractivity contribution in [1.29, 1.82) is 0 Å². The molecule has 2 aromatic heterocycles. The van der Waals surface area contributed by atoms with Gasteiger partial charge >= 0.3 is 0 Å². The van der Waals surface area contributed by atoms with Gasteiger partial charge in [0.2, 0.25) is 5.91 Å². The van der Waals surface area contributed by atoms with Gasteiger partial charge in [-0.1, -0.05) is 24.8 Å². The van der Waals surface area contributed by atoms with Crippen LogP contribution >= 0.6 is 0 Å². The normalized spacial score (nSPS) is 22.2. The maximum atomic E-state index is 13.2. The first-order chi connectivity index (χ1) is 15.4. The van der Waals surface area contributed by atoms with Crippen LogP contribution in [0.3, 0.4) is 0 Å². The Hall–Kier alpha value is -3.32. The molecule has 1 aromatic carbocycles. The fraction of sp³-hybridized carbons (Fsp3) is 0.360. The molecule has 7 heteroatoms. The maximum absolute atomic E-state index is 13.2. The van der Waals surface area contributed by atoms with Gasteiger partial charge in [-0.3, -0.25) is 9.69 Å². The average Bonchev–Trinajstić information content (AvgIpc) is 3.18. The second-order valence-corrected chi connectivity index (χ2v) is 8.88. The summed E-state index contributed by atoms with van der Waals surface area (Å²) < 4.78 is 7.45. The summed E-state index contributed by atoms with van der Waals surface area (Å²) in [5, 5.41) is 7.01. The Kier molecular flexibility index (Phi) is 5.13. The van der Waals surface area contributed by atoms with Gasteiger partial charge in [-0.15, -0.1) is 0 Å². The van der Waals surface area contributed by atoms with E-state index in [1.165, 1.54) is 0 Å². The lowest BCUT2D eigenvalue weighted by atomic mass is 9.82. The van der Waals surface area contributed by atoms with Crippen molar-refractivity contribution in [2.75, 3.05) is 18.5 Å². The molecule has 0 spiro atoms. The van der Waals surface area contributed by atoms with E-state index in [1.807, 2.05) is 52.0 Å². The Bertz CT molecular complexity index is 1130. The van der Waals surface area contributed by atoms with E-state index in [0.717, 1.165) is 41.1 Å². The molecule has 0 saturated carbocycles. The standard InChI is InChI=1S/C25H29N5O2/c1-17-20(7-6-8-21(17)26-22-16-29-12-5-4-9-23(29)27-22)25(3)15-24(31)30(18(2)28-25)19-10-13-32-14-11-19/h4-9,12,16,19,26,28H,2,10-11,13-15H2,1,3H3/t25-/m0/s1. The second kappa shape index (κ2) is 7.98. The summed E-state index contributed by atoms with van der Waals surface area (Å²) in [7, 11) is 0. The third-order valence-electron chi connectivity index (χ3n) is 6.60. The summed E-state index contributed by atoms with van der Waals surface area (Å²) in [6.07, 6.45) is 6.02. The molecule has 2 aliphatic rings. The molecule has 5 rings (SSSR count). The number of fused-ring (bicyclic) bond motifs is 1. The minimum absolute atomic E-state index is 0.112. The van der Waals surface area contributed by atoms with E-state index >= 15 is 0 Å². The van der Waals surface area contributed by atoms with Crippen molar-refractivity contribution in [3.63, 3.8) is 0 Å². The van der Waals surface area contributed by atoms with Crippen LogP contribution < -0.4 is 10.6 Å². The smallest absolute Gasteiger partial charge is 0.231 e. The zero-order valence-electron chi connectivity index (χ0n) is 18.6. The van der Waals surface area contributed by atoms with Crippen LogP contribution in [0.15, 0.2) is 61.2 Å². The van der Waals surface area contributed by atoms with Gasteiger partial charge in [0.15, 0.2) is 0 Å². The van der Waals surface area contributed by atoms with Gasteiger partial charge in [0, 0.05) is 31.1 Å². The number of imidazole rings is 1. The highest BCUT2D eigenvalue weighted by molar-refractivity contribution is 5.81. The molecule has 1 atom stereocenters. The van der Waals surface area contributed by atoms with Crippen LogP contribution in [0.5, 0.6) is 0 Å². The number of carbonyl (C=O) groups excluding carboxylic acids is 1.